The van der Waals surface area contributed by atoms with Gasteiger partial charge in [0.05, 0.1) is 5.54 Å². The molecule has 0 saturated carbocycles. The second kappa shape index (κ2) is 6.36. The van der Waals surface area contributed by atoms with Crippen molar-refractivity contribution in [2.75, 3.05) is 26.7 Å². The average molecular weight is 241 g/mol. The molecule has 4 nitrogen and oxygen atoms in total. The summed E-state index contributed by atoms with van der Waals surface area (Å²) < 4.78 is 0. The number of hydrogen-bond acceptors (Lipinski definition) is 3. The maximum Gasteiger partial charge on any atom is 0.239 e. The van der Waals surface area contributed by atoms with Gasteiger partial charge in [-0.25, -0.2) is 0 Å². The lowest BCUT2D eigenvalue weighted by atomic mass is 10.0. The number of amides is 1. The minimum Gasteiger partial charge on any atom is -0.354 e. The van der Waals surface area contributed by atoms with Crippen molar-refractivity contribution >= 4 is 5.91 Å². The standard InChI is InChI=1S/C13H27N3O/c1-5-15-13(2,3)12(17)14-9-8-11-7-6-10-16(11)4/h11,15H,5-10H2,1-4H3,(H,14,17). The third-order valence-corrected chi connectivity index (χ3v) is 3.62. The monoisotopic (exact) mass is 241 g/mol. The van der Waals surface area contributed by atoms with E-state index >= 15 is 0 Å². The smallest absolute Gasteiger partial charge is 0.239 e. The first-order valence-electron chi connectivity index (χ1n) is 6.71. The largest absolute Gasteiger partial charge is 0.354 e. The van der Waals surface area contributed by atoms with E-state index in [-0.39, 0.29) is 5.91 Å². The van der Waals surface area contributed by atoms with E-state index in [0.29, 0.717) is 6.04 Å². The molecular weight excluding hydrogens is 214 g/mol. The van der Waals surface area contributed by atoms with Crippen LogP contribution in [0.25, 0.3) is 0 Å². The summed E-state index contributed by atoms with van der Waals surface area (Å²) in [5.41, 5.74) is -0.462. The van der Waals surface area contributed by atoms with Crippen LogP contribution >= 0.6 is 0 Å². The molecule has 1 fully saturated rings. The van der Waals surface area contributed by atoms with E-state index in [1.807, 2.05) is 20.8 Å². The lowest BCUT2D eigenvalue weighted by molar-refractivity contribution is -0.126. The zero-order valence-corrected chi connectivity index (χ0v) is 11.7. The first-order chi connectivity index (χ1) is 7.97. The van der Waals surface area contributed by atoms with Gasteiger partial charge in [-0.05, 0) is 53.2 Å². The Balaban J connectivity index is 2.24. The highest BCUT2D eigenvalue weighted by Crippen LogP contribution is 2.17. The van der Waals surface area contributed by atoms with E-state index in [0.717, 1.165) is 19.5 Å². The SMILES string of the molecule is CCNC(C)(C)C(=O)NCCC1CCCN1C. The van der Waals surface area contributed by atoms with Gasteiger partial charge in [0, 0.05) is 12.6 Å². The molecule has 0 spiro atoms. The van der Waals surface area contributed by atoms with Crippen molar-refractivity contribution in [1.29, 1.82) is 0 Å². The summed E-state index contributed by atoms with van der Waals surface area (Å²) >= 11 is 0. The highest BCUT2D eigenvalue weighted by atomic mass is 16.2. The van der Waals surface area contributed by atoms with Crippen molar-refractivity contribution in [2.45, 2.75) is 51.6 Å². The van der Waals surface area contributed by atoms with Crippen molar-refractivity contribution in [3.05, 3.63) is 0 Å². The van der Waals surface area contributed by atoms with Crippen LogP contribution in [0.1, 0.15) is 40.0 Å². The van der Waals surface area contributed by atoms with Crippen LogP contribution in [0.15, 0.2) is 0 Å². The van der Waals surface area contributed by atoms with Crippen LogP contribution in [0.2, 0.25) is 0 Å². The number of carbonyl (C=O) groups is 1. The second-order valence-corrected chi connectivity index (χ2v) is 5.48. The van der Waals surface area contributed by atoms with Crippen LogP contribution in [0.5, 0.6) is 0 Å². The van der Waals surface area contributed by atoms with Gasteiger partial charge in [0.1, 0.15) is 0 Å². The molecule has 0 radical (unpaired) electrons. The lowest BCUT2D eigenvalue weighted by Gasteiger charge is -2.25. The highest BCUT2D eigenvalue weighted by molar-refractivity contribution is 5.85. The van der Waals surface area contributed by atoms with Gasteiger partial charge >= 0.3 is 0 Å². The normalized spacial score (nSPS) is 21.8. The summed E-state index contributed by atoms with van der Waals surface area (Å²) in [5, 5.41) is 6.21. The zero-order chi connectivity index (χ0) is 12.9. The fourth-order valence-electron chi connectivity index (χ4n) is 2.44. The van der Waals surface area contributed by atoms with E-state index < -0.39 is 5.54 Å². The lowest BCUT2D eigenvalue weighted by Crippen LogP contribution is -2.53. The molecule has 0 aromatic rings. The molecule has 0 aromatic carbocycles. The highest BCUT2D eigenvalue weighted by Gasteiger charge is 2.26. The maximum absolute atomic E-state index is 11.9. The molecule has 1 amide bonds. The van der Waals surface area contributed by atoms with E-state index in [1.165, 1.54) is 19.4 Å². The molecule has 1 heterocycles. The third-order valence-electron chi connectivity index (χ3n) is 3.62. The number of hydrogen-bond donors (Lipinski definition) is 2. The molecule has 1 rings (SSSR count). The minimum absolute atomic E-state index is 0.0972. The molecule has 1 unspecified atom stereocenters. The third kappa shape index (κ3) is 4.28. The van der Waals surface area contributed by atoms with Crippen molar-refractivity contribution in [2.24, 2.45) is 0 Å². The Kier molecular flexibility index (Phi) is 5.40. The number of carbonyl (C=O) groups excluding carboxylic acids is 1. The van der Waals surface area contributed by atoms with Crippen LogP contribution in [0, 0.1) is 0 Å². The van der Waals surface area contributed by atoms with Crippen molar-refractivity contribution in [3.8, 4) is 0 Å². The summed E-state index contributed by atoms with van der Waals surface area (Å²) in [6.45, 7) is 8.65. The van der Waals surface area contributed by atoms with E-state index in [2.05, 4.69) is 22.6 Å². The predicted molar refractivity (Wildman–Crippen MR) is 71.0 cm³/mol. The van der Waals surface area contributed by atoms with Crippen molar-refractivity contribution < 1.29 is 4.79 Å². The van der Waals surface area contributed by atoms with Crippen molar-refractivity contribution in [1.82, 2.24) is 15.5 Å². The number of nitrogens with one attached hydrogen (secondary N) is 2. The molecule has 1 aliphatic rings. The Morgan fingerprint density at radius 1 is 1.47 bits per heavy atom. The Labute approximate surface area is 105 Å². The van der Waals surface area contributed by atoms with Gasteiger partial charge in [-0.1, -0.05) is 6.92 Å². The molecule has 4 heteroatoms. The molecule has 1 aliphatic heterocycles. The van der Waals surface area contributed by atoms with Gasteiger partial charge in [-0.3, -0.25) is 4.79 Å². The van der Waals surface area contributed by atoms with Crippen LogP contribution in [-0.4, -0.2) is 49.1 Å². The summed E-state index contributed by atoms with van der Waals surface area (Å²) in [6, 6.07) is 0.651. The number of likely N-dealkylation sites (N-methyl/N-ethyl adjacent to an activating group) is 1. The van der Waals surface area contributed by atoms with E-state index in [1.54, 1.807) is 0 Å². The fourth-order valence-corrected chi connectivity index (χ4v) is 2.44. The van der Waals surface area contributed by atoms with Gasteiger partial charge in [-0.15, -0.1) is 0 Å². The molecule has 1 saturated heterocycles. The first kappa shape index (κ1) is 14.5. The van der Waals surface area contributed by atoms with Crippen LogP contribution in [0.3, 0.4) is 0 Å². The first-order valence-corrected chi connectivity index (χ1v) is 6.71. The summed E-state index contributed by atoms with van der Waals surface area (Å²) in [6.07, 6.45) is 3.62. The Morgan fingerprint density at radius 2 is 2.18 bits per heavy atom. The van der Waals surface area contributed by atoms with Gasteiger partial charge < -0.3 is 15.5 Å². The number of rotatable bonds is 6. The Bertz CT molecular complexity index is 253. The second-order valence-electron chi connectivity index (χ2n) is 5.48. The fraction of sp³-hybridized carbons (Fsp3) is 0.923. The van der Waals surface area contributed by atoms with E-state index in [4.69, 9.17) is 0 Å². The Morgan fingerprint density at radius 3 is 2.71 bits per heavy atom. The molecule has 100 valence electrons. The number of nitrogens with zero attached hydrogens (tertiary/aromatic N) is 1. The van der Waals surface area contributed by atoms with Gasteiger partial charge in [-0.2, -0.15) is 0 Å². The maximum atomic E-state index is 11.9. The average Bonchev–Trinajstić information content (AvgIpc) is 2.64. The van der Waals surface area contributed by atoms with Crippen LogP contribution < -0.4 is 10.6 Å². The van der Waals surface area contributed by atoms with Crippen LogP contribution in [0.4, 0.5) is 0 Å². The predicted octanol–water partition coefficient (Wildman–Crippen LogP) is 0.975. The van der Waals surface area contributed by atoms with Gasteiger partial charge in [0.15, 0.2) is 0 Å². The molecule has 0 aromatic heterocycles. The van der Waals surface area contributed by atoms with E-state index in [9.17, 15) is 4.79 Å². The molecule has 0 bridgehead atoms. The Hall–Kier alpha value is -0.610. The summed E-state index contributed by atoms with van der Waals surface area (Å²) in [5.74, 6) is 0.0972. The molecule has 17 heavy (non-hydrogen) atoms. The molecular formula is C13H27N3O. The molecule has 1 atom stereocenters. The van der Waals surface area contributed by atoms with Gasteiger partial charge in [0.25, 0.3) is 0 Å². The van der Waals surface area contributed by atoms with Gasteiger partial charge in [0.2, 0.25) is 5.91 Å². The number of likely N-dealkylation sites (tertiary alicyclic amines) is 1. The molecule has 0 aliphatic carbocycles. The quantitative estimate of drug-likeness (QED) is 0.728. The molecule has 2 N–H and O–H groups in total. The summed E-state index contributed by atoms with van der Waals surface area (Å²) in [4.78, 5) is 14.3. The van der Waals surface area contributed by atoms with Crippen molar-refractivity contribution in [3.63, 3.8) is 0 Å². The topological polar surface area (TPSA) is 44.4 Å². The summed E-state index contributed by atoms with van der Waals surface area (Å²) in [7, 11) is 2.17. The zero-order valence-electron chi connectivity index (χ0n) is 11.7. The minimum atomic E-state index is -0.462. The van der Waals surface area contributed by atoms with Crippen LogP contribution in [-0.2, 0) is 4.79 Å².